The van der Waals surface area contributed by atoms with Crippen molar-refractivity contribution < 1.29 is 19.2 Å². The van der Waals surface area contributed by atoms with Crippen LogP contribution in [0.15, 0.2) is 28.8 Å². The first-order valence-corrected chi connectivity index (χ1v) is 6.73. The van der Waals surface area contributed by atoms with Crippen LogP contribution in [0.5, 0.6) is 0 Å². The van der Waals surface area contributed by atoms with Gasteiger partial charge in [-0.15, -0.1) is 0 Å². The van der Waals surface area contributed by atoms with Crippen LogP contribution in [0.4, 0.5) is 5.69 Å². The lowest BCUT2D eigenvalue weighted by Gasteiger charge is -2.06. The number of nitrogens with zero attached hydrogens (tertiary/aromatic N) is 1. The van der Waals surface area contributed by atoms with E-state index in [2.05, 4.69) is 10.5 Å². The van der Waals surface area contributed by atoms with Crippen LogP contribution in [0.3, 0.4) is 0 Å². The van der Waals surface area contributed by atoms with Gasteiger partial charge in [-0.3, -0.25) is 4.79 Å². The minimum absolute atomic E-state index is 0.0357. The third-order valence-electron chi connectivity index (χ3n) is 3.20. The van der Waals surface area contributed by atoms with Gasteiger partial charge in [-0.1, -0.05) is 16.8 Å². The molecule has 2 N–H and O–H groups in total. The van der Waals surface area contributed by atoms with Crippen molar-refractivity contribution in [2.45, 2.75) is 18.8 Å². The largest absolute Gasteiger partial charge is 0.478 e. The summed E-state index contributed by atoms with van der Waals surface area (Å²) in [6.45, 7) is 0. The summed E-state index contributed by atoms with van der Waals surface area (Å²) < 4.78 is 5.10. The highest BCUT2D eigenvalue weighted by molar-refractivity contribution is 6.34. The van der Waals surface area contributed by atoms with E-state index < -0.39 is 11.9 Å². The van der Waals surface area contributed by atoms with Crippen LogP contribution >= 0.6 is 11.6 Å². The summed E-state index contributed by atoms with van der Waals surface area (Å²) in [7, 11) is 0. The van der Waals surface area contributed by atoms with Crippen LogP contribution in [0.2, 0.25) is 5.02 Å². The first kappa shape index (κ1) is 13.6. The number of carboxylic acid groups (broad SMARTS) is 1. The molecule has 108 valence electrons. The normalized spacial score (nSPS) is 14.0. The molecule has 0 unspecified atom stereocenters. The molecule has 0 atom stereocenters. The highest BCUT2D eigenvalue weighted by atomic mass is 35.5. The molecule has 3 rings (SSSR count). The van der Waals surface area contributed by atoms with Crippen molar-refractivity contribution in [2.75, 3.05) is 5.32 Å². The molecule has 2 aromatic rings. The Labute approximate surface area is 124 Å². The minimum Gasteiger partial charge on any atom is -0.478 e. The molecule has 0 saturated heterocycles. The van der Waals surface area contributed by atoms with Crippen molar-refractivity contribution in [3.8, 4) is 0 Å². The Morgan fingerprint density at radius 1 is 1.33 bits per heavy atom. The highest BCUT2D eigenvalue weighted by Gasteiger charge is 2.29. The summed E-state index contributed by atoms with van der Waals surface area (Å²) in [5.74, 6) is -0.529. The Hall–Kier alpha value is -2.34. The number of halogens is 1. The van der Waals surface area contributed by atoms with Crippen molar-refractivity contribution in [3.63, 3.8) is 0 Å². The van der Waals surface area contributed by atoms with E-state index in [-0.39, 0.29) is 22.0 Å². The first-order chi connectivity index (χ1) is 10.0. The monoisotopic (exact) mass is 306 g/mol. The van der Waals surface area contributed by atoms with Crippen LogP contribution in [-0.4, -0.2) is 22.1 Å². The fourth-order valence-corrected chi connectivity index (χ4v) is 2.06. The van der Waals surface area contributed by atoms with Gasteiger partial charge < -0.3 is 14.9 Å². The summed E-state index contributed by atoms with van der Waals surface area (Å²) >= 11 is 5.95. The van der Waals surface area contributed by atoms with E-state index in [1.165, 1.54) is 18.2 Å². The summed E-state index contributed by atoms with van der Waals surface area (Å²) in [5.41, 5.74) is 0.403. The van der Waals surface area contributed by atoms with E-state index in [1.54, 1.807) is 6.07 Å². The van der Waals surface area contributed by atoms with Gasteiger partial charge in [0.05, 0.1) is 16.3 Å². The van der Waals surface area contributed by atoms with Gasteiger partial charge in [0.25, 0.3) is 5.91 Å². The van der Waals surface area contributed by atoms with Gasteiger partial charge in [0.1, 0.15) is 5.76 Å². The van der Waals surface area contributed by atoms with Gasteiger partial charge in [0, 0.05) is 12.0 Å². The van der Waals surface area contributed by atoms with E-state index in [4.69, 9.17) is 21.2 Å². The number of benzene rings is 1. The van der Waals surface area contributed by atoms with Crippen molar-refractivity contribution in [3.05, 3.63) is 46.3 Å². The van der Waals surface area contributed by atoms with Crippen LogP contribution in [0.1, 0.15) is 45.4 Å². The van der Waals surface area contributed by atoms with Gasteiger partial charge in [-0.25, -0.2) is 4.79 Å². The number of aromatic nitrogens is 1. The number of anilines is 1. The zero-order valence-corrected chi connectivity index (χ0v) is 11.6. The van der Waals surface area contributed by atoms with Crippen LogP contribution in [-0.2, 0) is 0 Å². The Morgan fingerprint density at radius 3 is 2.76 bits per heavy atom. The Kier molecular flexibility index (Phi) is 3.39. The fraction of sp³-hybridized carbons (Fsp3) is 0.214. The molecule has 1 aliphatic rings. The molecule has 1 aromatic carbocycles. The average Bonchev–Trinajstić information content (AvgIpc) is 3.18. The maximum Gasteiger partial charge on any atom is 0.335 e. The topological polar surface area (TPSA) is 92.4 Å². The Balaban J connectivity index is 1.79. The molecule has 1 fully saturated rings. The number of nitrogens with one attached hydrogen (secondary N) is 1. The second kappa shape index (κ2) is 5.21. The van der Waals surface area contributed by atoms with Gasteiger partial charge >= 0.3 is 5.97 Å². The van der Waals surface area contributed by atoms with Crippen LogP contribution in [0, 0.1) is 0 Å². The second-order valence-electron chi connectivity index (χ2n) is 4.84. The lowest BCUT2D eigenvalue weighted by molar-refractivity contribution is 0.0696. The lowest BCUT2D eigenvalue weighted by Crippen LogP contribution is -2.13. The van der Waals surface area contributed by atoms with E-state index in [1.807, 2.05) is 0 Å². The molecule has 1 amide bonds. The van der Waals surface area contributed by atoms with Crippen molar-refractivity contribution in [1.82, 2.24) is 5.16 Å². The predicted molar refractivity (Wildman–Crippen MR) is 74.8 cm³/mol. The minimum atomic E-state index is -1.10. The van der Waals surface area contributed by atoms with Gasteiger partial charge in [-0.2, -0.15) is 0 Å². The molecule has 0 spiro atoms. The fourth-order valence-electron chi connectivity index (χ4n) is 1.90. The zero-order valence-electron chi connectivity index (χ0n) is 10.8. The van der Waals surface area contributed by atoms with E-state index >= 15 is 0 Å². The maximum absolute atomic E-state index is 12.1. The number of hydrogen-bond acceptors (Lipinski definition) is 4. The molecule has 1 aliphatic carbocycles. The summed E-state index contributed by atoms with van der Waals surface area (Å²) in [6, 6.07) is 5.67. The number of carbonyl (C=O) groups is 2. The number of hydrogen-bond donors (Lipinski definition) is 2. The van der Waals surface area contributed by atoms with Crippen molar-refractivity contribution in [2.24, 2.45) is 0 Å². The molecular formula is C14H11ClN2O4. The standard InChI is InChI=1S/C14H11ClN2O4/c15-9-4-3-8(14(19)20)5-10(9)16-13(18)11-6-12(21-17-11)7-1-2-7/h3-7H,1-2H2,(H,16,18)(H,19,20). The van der Waals surface area contributed by atoms with Gasteiger partial charge in [-0.05, 0) is 31.0 Å². The van der Waals surface area contributed by atoms with E-state index in [9.17, 15) is 9.59 Å². The number of rotatable bonds is 4. The number of aromatic carboxylic acids is 1. The summed E-state index contributed by atoms with van der Waals surface area (Å²) in [4.78, 5) is 23.0. The molecule has 21 heavy (non-hydrogen) atoms. The third kappa shape index (κ3) is 2.90. The predicted octanol–water partition coefficient (Wildman–Crippen LogP) is 3.16. The third-order valence-corrected chi connectivity index (χ3v) is 3.53. The van der Waals surface area contributed by atoms with E-state index in [0.29, 0.717) is 11.7 Å². The molecule has 0 radical (unpaired) electrons. The highest BCUT2D eigenvalue weighted by Crippen LogP contribution is 2.40. The quantitative estimate of drug-likeness (QED) is 0.905. The average molecular weight is 307 g/mol. The molecular weight excluding hydrogens is 296 g/mol. The first-order valence-electron chi connectivity index (χ1n) is 6.35. The second-order valence-corrected chi connectivity index (χ2v) is 5.25. The maximum atomic E-state index is 12.1. The molecule has 1 aromatic heterocycles. The number of carbonyl (C=O) groups excluding carboxylic acids is 1. The van der Waals surface area contributed by atoms with Gasteiger partial charge in [0.2, 0.25) is 0 Å². The van der Waals surface area contributed by atoms with Crippen LogP contribution in [0.25, 0.3) is 0 Å². The Bertz CT molecular complexity index is 722. The SMILES string of the molecule is O=C(O)c1ccc(Cl)c(NC(=O)c2cc(C3CC3)on2)c1. The summed E-state index contributed by atoms with van der Waals surface area (Å²) in [6.07, 6.45) is 2.09. The van der Waals surface area contributed by atoms with Crippen LogP contribution < -0.4 is 5.32 Å². The molecule has 1 saturated carbocycles. The Morgan fingerprint density at radius 2 is 2.10 bits per heavy atom. The molecule has 7 heteroatoms. The smallest absolute Gasteiger partial charge is 0.335 e. The summed E-state index contributed by atoms with van der Waals surface area (Å²) in [5, 5.41) is 15.4. The van der Waals surface area contributed by atoms with Crippen molar-refractivity contribution in [1.29, 1.82) is 0 Å². The number of amides is 1. The molecule has 1 heterocycles. The molecule has 6 nitrogen and oxygen atoms in total. The zero-order chi connectivity index (χ0) is 15.0. The number of carboxylic acids is 1. The lowest BCUT2D eigenvalue weighted by atomic mass is 10.2. The van der Waals surface area contributed by atoms with E-state index in [0.717, 1.165) is 12.8 Å². The molecule has 0 aliphatic heterocycles. The van der Waals surface area contributed by atoms with Crippen molar-refractivity contribution >= 4 is 29.2 Å². The molecule has 0 bridgehead atoms. The van der Waals surface area contributed by atoms with Gasteiger partial charge in [0.15, 0.2) is 5.69 Å².